The van der Waals surface area contributed by atoms with Gasteiger partial charge in [0.25, 0.3) is 5.91 Å². The molecule has 0 aliphatic heterocycles. The molecule has 7 nitrogen and oxygen atoms in total. The predicted molar refractivity (Wildman–Crippen MR) is 64.9 cm³/mol. The number of aromatic amines is 1. The maximum absolute atomic E-state index is 11.8. The molecule has 1 amide bonds. The van der Waals surface area contributed by atoms with Crippen molar-refractivity contribution in [3.05, 3.63) is 29.1 Å². The van der Waals surface area contributed by atoms with Gasteiger partial charge >= 0.3 is 0 Å². The van der Waals surface area contributed by atoms with E-state index >= 15 is 0 Å². The first-order valence-corrected chi connectivity index (χ1v) is 5.79. The summed E-state index contributed by atoms with van der Waals surface area (Å²) in [7, 11) is 1.86. The topological polar surface area (TPSA) is 88.5 Å². The molecule has 0 spiro atoms. The number of aromatic nitrogens is 5. The average molecular weight is 248 g/mol. The summed E-state index contributed by atoms with van der Waals surface area (Å²) in [5.74, 6) is 1.31. The van der Waals surface area contributed by atoms with Crippen molar-refractivity contribution in [2.75, 3.05) is 0 Å². The zero-order valence-electron chi connectivity index (χ0n) is 10.7. The van der Waals surface area contributed by atoms with Crippen LogP contribution in [0.25, 0.3) is 0 Å². The predicted octanol–water partition coefficient (Wildman–Crippen LogP) is 0.339. The van der Waals surface area contributed by atoms with E-state index in [1.54, 1.807) is 6.07 Å². The van der Waals surface area contributed by atoms with Crippen LogP contribution in [0.4, 0.5) is 0 Å². The minimum absolute atomic E-state index is 0.216. The first-order valence-electron chi connectivity index (χ1n) is 5.79. The van der Waals surface area contributed by atoms with Crippen molar-refractivity contribution in [2.24, 2.45) is 7.05 Å². The minimum atomic E-state index is -0.216. The summed E-state index contributed by atoms with van der Waals surface area (Å²) in [4.78, 5) is 11.8. The summed E-state index contributed by atoms with van der Waals surface area (Å²) >= 11 is 0. The Hall–Kier alpha value is -2.18. The summed E-state index contributed by atoms with van der Waals surface area (Å²) in [6.45, 7) is 4.20. The molecule has 7 heteroatoms. The number of amides is 1. The number of hydrogen-bond donors (Lipinski definition) is 2. The van der Waals surface area contributed by atoms with E-state index in [1.165, 1.54) is 0 Å². The first-order chi connectivity index (χ1) is 8.61. The van der Waals surface area contributed by atoms with Gasteiger partial charge in [-0.25, -0.2) is 0 Å². The number of nitrogens with zero attached hydrogens (tertiary/aromatic N) is 4. The molecule has 0 aromatic carbocycles. The van der Waals surface area contributed by atoms with Crippen molar-refractivity contribution in [3.63, 3.8) is 0 Å². The fraction of sp³-hybridized carbons (Fsp3) is 0.455. The lowest BCUT2D eigenvalue weighted by Gasteiger charge is -2.02. The molecule has 0 bridgehead atoms. The van der Waals surface area contributed by atoms with Crippen LogP contribution in [0.3, 0.4) is 0 Å². The largest absolute Gasteiger partial charge is 0.343 e. The van der Waals surface area contributed by atoms with E-state index in [-0.39, 0.29) is 5.91 Å². The van der Waals surface area contributed by atoms with Crippen LogP contribution < -0.4 is 5.32 Å². The van der Waals surface area contributed by atoms with Crippen LogP contribution in [0.5, 0.6) is 0 Å². The molecular weight excluding hydrogens is 232 g/mol. The van der Waals surface area contributed by atoms with E-state index < -0.39 is 0 Å². The Morgan fingerprint density at radius 3 is 2.83 bits per heavy atom. The quantitative estimate of drug-likeness (QED) is 0.816. The fourth-order valence-corrected chi connectivity index (χ4v) is 1.51. The molecule has 0 saturated carbocycles. The molecule has 2 aromatic rings. The second kappa shape index (κ2) is 4.99. The van der Waals surface area contributed by atoms with Gasteiger partial charge in [0.15, 0.2) is 5.82 Å². The summed E-state index contributed by atoms with van der Waals surface area (Å²) in [5, 5.41) is 17.4. The lowest BCUT2D eigenvalue weighted by molar-refractivity contribution is 0.0944. The maximum atomic E-state index is 11.8. The van der Waals surface area contributed by atoms with Crippen molar-refractivity contribution in [1.29, 1.82) is 0 Å². The van der Waals surface area contributed by atoms with E-state index in [9.17, 15) is 4.79 Å². The van der Waals surface area contributed by atoms with E-state index in [0.717, 1.165) is 17.9 Å². The number of nitrogens with one attached hydrogen (secondary N) is 2. The Bertz CT molecular complexity index is 556. The molecule has 0 unspecified atom stereocenters. The molecule has 0 aliphatic rings. The molecule has 18 heavy (non-hydrogen) atoms. The Kier molecular flexibility index (Phi) is 3.40. The Morgan fingerprint density at radius 1 is 1.50 bits per heavy atom. The van der Waals surface area contributed by atoms with Crippen LogP contribution in [0, 0.1) is 6.92 Å². The van der Waals surface area contributed by atoms with Gasteiger partial charge in [0.05, 0.1) is 6.54 Å². The number of hydrogen-bond acceptors (Lipinski definition) is 4. The highest BCUT2D eigenvalue weighted by Crippen LogP contribution is 2.01. The highest BCUT2D eigenvalue weighted by Gasteiger charge is 2.11. The second-order valence-corrected chi connectivity index (χ2v) is 4.04. The van der Waals surface area contributed by atoms with Crippen molar-refractivity contribution in [1.82, 2.24) is 30.3 Å². The zero-order chi connectivity index (χ0) is 13.1. The standard InChI is InChI=1S/C11H16N6O/c1-4-8-5-9(15-14-8)11(18)12-6-10-16-13-7(2)17(10)3/h5H,4,6H2,1-3H3,(H,12,18)(H,14,15). The summed E-state index contributed by atoms with van der Waals surface area (Å²) in [5.41, 5.74) is 1.33. The van der Waals surface area contributed by atoms with E-state index in [0.29, 0.717) is 18.1 Å². The first kappa shape index (κ1) is 12.3. The molecule has 0 atom stereocenters. The zero-order valence-corrected chi connectivity index (χ0v) is 10.7. The molecule has 96 valence electrons. The summed E-state index contributed by atoms with van der Waals surface area (Å²) < 4.78 is 1.84. The third kappa shape index (κ3) is 2.39. The van der Waals surface area contributed by atoms with Crippen molar-refractivity contribution >= 4 is 5.91 Å². The van der Waals surface area contributed by atoms with Gasteiger partial charge in [0.2, 0.25) is 0 Å². The van der Waals surface area contributed by atoms with Crippen LogP contribution in [0.15, 0.2) is 6.07 Å². The van der Waals surface area contributed by atoms with Crippen LogP contribution >= 0.6 is 0 Å². The second-order valence-electron chi connectivity index (χ2n) is 4.04. The number of carbonyl (C=O) groups excluding carboxylic acids is 1. The van der Waals surface area contributed by atoms with Crippen LogP contribution in [-0.2, 0) is 20.0 Å². The summed E-state index contributed by atoms with van der Waals surface area (Å²) in [6, 6.07) is 1.75. The molecule has 0 radical (unpaired) electrons. The number of H-pyrrole nitrogens is 1. The van der Waals surface area contributed by atoms with E-state index in [1.807, 2.05) is 25.5 Å². The van der Waals surface area contributed by atoms with Crippen molar-refractivity contribution in [2.45, 2.75) is 26.8 Å². The lowest BCUT2D eigenvalue weighted by atomic mass is 10.3. The Morgan fingerprint density at radius 2 is 2.28 bits per heavy atom. The van der Waals surface area contributed by atoms with Crippen molar-refractivity contribution < 1.29 is 4.79 Å². The van der Waals surface area contributed by atoms with Gasteiger partial charge in [0, 0.05) is 12.7 Å². The molecule has 2 heterocycles. The maximum Gasteiger partial charge on any atom is 0.272 e. The molecule has 2 aromatic heterocycles. The van der Waals surface area contributed by atoms with Gasteiger partial charge in [-0.3, -0.25) is 9.89 Å². The SMILES string of the molecule is CCc1cc(C(=O)NCc2nnc(C)n2C)n[nH]1. The molecule has 0 fully saturated rings. The third-order valence-electron chi connectivity index (χ3n) is 2.83. The van der Waals surface area contributed by atoms with Gasteiger partial charge in [-0.05, 0) is 19.4 Å². The molecule has 2 rings (SSSR count). The molecule has 0 saturated heterocycles. The highest BCUT2D eigenvalue weighted by molar-refractivity contribution is 5.92. The van der Waals surface area contributed by atoms with Gasteiger partial charge in [0.1, 0.15) is 11.5 Å². The molecule has 0 aliphatic carbocycles. The molecular formula is C11H16N6O. The number of aryl methyl sites for hydroxylation is 2. The number of rotatable bonds is 4. The molecule has 2 N–H and O–H groups in total. The Labute approximate surface area is 105 Å². The van der Waals surface area contributed by atoms with Gasteiger partial charge < -0.3 is 9.88 Å². The third-order valence-corrected chi connectivity index (χ3v) is 2.83. The van der Waals surface area contributed by atoms with Crippen molar-refractivity contribution in [3.8, 4) is 0 Å². The van der Waals surface area contributed by atoms with Gasteiger partial charge in [-0.15, -0.1) is 10.2 Å². The van der Waals surface area contributed by atoms with Crippen LogP contribution in [0.2, 0.25) is 0 Å². The highest BCUT2D eigenvalue weighted by atomic mass is 16.1. The normalized spacial score (nSPS) is 10.6. The monoisotopic (exact) mass is 248 g/mol. The number of carbonyl (C=O) groups is 1. The van der Waals surface area contributed by atoms with E-state index in [4.69, 9.17) is 0 Å². The van der Waals surface area contributed by atoms with Crippen LogP contribution in [-0.4, -0.2) is 30.9 Å². The smallest absolute Gasteiger partial charge is 0.272 e. The van der Waals surface area contributed by atoms with Gasteiger partial charge in [-0.1, -0.05) is 6.92 Å². The lowest BCUT2D eigenvalue weighted by Crippen LogP contribution is -2.24. The Balaban J connectivity index is 1.98. The van der Waals surface area contributed by atoms with Gasteiger partial charge in [-0.2, -0.15) is 5.10 Å². The summed E-state index contributed by atoms with van der Waals surface area (Å²) in [6.07, 6.45) is 0.822. The minimum Gasteiger partial charge on any atom is -0.343 e. The van der Waals surface area contributed by atoms with Crippen LogP contribution in [0.1, 0.15) is 34.8 Å². The average Bonchev–Trinajstić information content (AvgIpc) is 2.96. The fourth-order valence-electron chi connectivity index (χ4n) is 1.51. The van der Waals surface area contributed by atoms with E-state index in [2.05, 4.69) is 25.7 Å².